The number of anilines is 1. The summed E-state index contributed by atoms with van der Waals surface area (Å²) in [5.41, 5.74) is 1.41. The number of nitrogens with one attached hydrogen (secondary N) is 2. The van der Waals surface area contributed by atoms with Gasteiger partial charge < -0.3 is 15.5 Å². The van der Waals surface area contributed by atoms with Crippen LogP contribution >= 0.6 is 0 Å². The fraction of sp³-hybridized carbons (Fsp3) is 0.647. The highest BCUT2D eigenvalue weighted by molar-refractivity contribution is 5.96. The maximum Gasteiger partial charge on any atom is 0.270 e. The quantitative estimate of drug-likeness (QED) is 0.854. The van der Waals surface area contributed by atoms with Crippen LogP contribution in [0.5, 0.6) is 0 Å². The van der Waals surface area contributed by atoms with E-state index in [0.29, 0.717) is 31.2 Å². The van der Waals surface area contributed by atoms with Gasteiger partial charge in [-0.3, -0.25) is 9.59 Å². The van der Waals surface area contributed by atoms with Crippen LogP contribution in [0.1, 0.15) is 55.0 Å². The number of carbonyl (C=O) groups is 2. The standard InChI is InChI=1S/C17H25N5O2/c1-4-18-16(23)11-6-8-22(9-11)15-12-5-7-19-17(24)13(12)20-14(21-15)10(2)3/h10-11H,4-9H2,1-3H3,(H,18,23)(H,19,24). The lowest BCUT2D eigenvalue weighted by Crippen LogP contribution is -2.36. The van der Waals surface area contributed by atoms with E-state index < -0.39 is 0 Å². The summed E-state index contributed by atoms with van der Waals surface area (Å²) in [6.45, 7) is 8.66. The average Bonchev–Trinajstić information content (AvgIpc) is 3.04. The highest BCUT2D eigenvalue weighted by atomic mass is 16.2. The van der Waals surface area contributed by atoms with Crippen LogP contribution in [-0.4, -0.2) is 48.0 Å². The first-order valence-electron chi connectivity index (χ1n) is 8.73. The third-order valence-corrected chi connectivity index (χ3v) is 4.60. The number of aromatic nitrogens is 2. The molecule has 3 heterocycles. The topological polar surface area (TPSA) is 87.2 Å². The third kappa shape index (κ3) is 3.07. The summed E-state index contributed by atoms with van der Waals surface area (Å²) in [4.78, 5) is 35.7. The molecule has 7 nitrogen and oxygen atoms in total. The summed E-state index contributed by atoms with van der Waals surface area (Å²) in [5.74, 6) is 1.62. The first kappa shape index (κ1) is 16.7. The average molecular weight is 331 g/mol. The van der Waals surface area contributed by atoms with Gasteiger partial charge in [0.05, 0.1) is 5.92 Å². The molecule has 0 aromatic carbocycles. The van der Waals surface area contributed by atoms with Gasteiger partial charge in [-0.1, -0.05) is 13.8 Å². The molecule has 2 aliphatic rings. The van der Waals surface area contributed by atoms with Crippen LogP contribution < -0.4 is 15.5 Å². The molecule has 0 saturated carbocycles. The molecule has 3 rings (SSSR count). The monoisotopic (exact) mass is 331 g/mol. The highest BCUT2D eigenvalue weighted by Crippen LogP contribution is 2.30. The van der Waals surface area contributed by atoms with Crippen molar-refractivity contribution in [2.75, 3.05) is 31.1 Å². The van der Waals surface area contributed by atoms with Crippen LogP contribution in [0.15, 0.2) is 0 Å². The molecule has 7 heteroatoms. The van der Waals surface area contributed by atoms with Gasteiger partial charge in [0.15, 0.2) is 0 Å². The van der Waals surface area contributed by atoms with Crippen molar-refractivity contribution in [3.8, 4) is 0 Å². The maximum absolute atomic E-state index is 12.2. The summed E-state index contributed by atoms with van der Waals surface area (Å²) >= 11 is 0. The van der Waals surface area contributed by atoms with Crippen LogP contribution in [0.4, 0.5) is 5.82 Å². The Morgan fingerprint density at radius 2 is 2.21 bits per heavy atom. The molecule has 2 aliphatic heterocycles. The summed E-state index contributed by atoms with van der Waals surface area (Å²) in [6, 6.07) is 0. The second-order valence-corrected chi connectivity index (χ2v) is 6.72. The van der Waals surface area contributed by atoms with Gasteiger partial charge in [0.1, 0.15) is 17.3 Å². The SMILES string of the molecule is CCNC(=O)C1CCN(c2nc(C(C)C)nc3c2CCNC3=O)C1. The van der Waals surface area contributed by atoms with Gasteiger partial charge in [-0.2, -0.15) is 0 Å². The van der Waals surface area contributed by atoms with Crippen molar-refractivity contribution in [1.29, 1.82) is 0 Å². The van der Waals surface area contributed by atoms with Crippen LogP contribution in [0, 0.1) is 5.92 Å². The van der Waals surface area contributed by atoms with Crippen LogP contribution in [0.25, 0.3) is 0 Å². The molecule has 1 atom stereocenters. The molecule has 2 N–H and O–H groups in total. The predicted octanol–water partition coefficient (Wildman–Crippen LogP) is 0.848. The number of amides is 2. The number of carbonyl (C=O) groups excluding carboxylic acids is 2. The molecular formula is C17H25N5O2. The van der Waals surface area contributed by atoms with E-state index in [9.17, 15) is 9.59 Å². The first-order valence-corrected chi connectivity index (χ1v) is 8.73. The molecule has 0 bridgehead atoms. The first-order chi connectivity index (χ1) is 11.5. The molecule has 1 aromatic heterocycles. The molecule has 1 unspecified atom stereocenters. The van der Waals surface area contributed by atoms with Crippen molar-refractivity contribution >= 4 is 17.6 Å². The van der Waals surface area contributed by atoms with Crippen molar-refractivity contribution in [1.82, 2.24) is 20.6 Å². The van der Waals surface area contributed by atoms with Crippen LogP contribution in [0.2, 0.25) is 0 Å². The van der Waals surface area contributed by atoms with Gasteiger partial charge in [-0.25, -0.2) is 9.97 Å². The minimum absolute atomic E-state index is 0.0181. The Balaban J connectivity index is 1.93. The zero-order chi connectivity index (χ0) is 17.3. The number of rotatable bonds is 4. The van der Waals surface area contributed by atoms with Gasteiger partial charge >= 0.3 is 0 Å². The van der Waals surface area contributed by atoms with Gasteiger partial charge in [0.2, 0.25) is 5.91 Å². The van der Waals surface area contributed by atoms with Gasteiger partial charge in [0.25, 0.3) is 5.91 Å². The van der Waals surface area contributed by atoms with E-state index in [1.54, 1.807) is 0 Å². The number of nitrogens with zero attached hydrogens (tertiary/aromatic N) is 3. The molecule has 130 valence electrons. The smallest absolute Gasteiger partial charge is 0.270 e. The van der Waals surface area contributed by atoms with Crippen LogP contribution in [0.3, 0.4) is 0 Å². The molecule has 24 heavy (non-hydrogen) atoms. The Labute approximate surface area is 142 Å². The number of fused-ring (bicyclic) bond motifs is 1. The van der Waals surface area contributed by atoms with Crippen molar-refractivity contribution < 1.29 is 9.59 Å². The normalized spacial score (nSPS) is 20.1. The second kappa shape index (κ2) is 6.75. The van der Waals surface area contributed by atoms with Gasteiger partial charge in [-0.15, -0.1) is 0 Å². The van der Waals surface area contributed by atoms with Gasteiger partial charge in [-0.05, 0) is 19.8 Å². The molecule has 0 spiro atoms. The summed E-state index contributed by atoms with van der Waals surface area (Å²) in [6.07, 6.45) is 1.55. The molecule has 2 amide bonds. The Morgan fingerprint density at radius 1 is 1.42 bits per heavy atom. The van der Waals surface area contributed by atoms with Crippen molar-refractivity contribution in [2.45, 2.75) is 39.5 Å². The van der Waals surface area contributed by atoms with E-state index in [2.05, 4.69) is 20.5 Å². The van der Waals surface area contributed by atoms with E-state index in [1.807, 2.05) is 20.8 Å². The summed E-state index contributed by atoms with van der Waals surface area (Å²) in [5, 5.41) is 5.75. The lowest BCUT2D eigenvalue weighted by molar-refractivity contribution is -0.124. The van der Waals surface area contributed by atoms with Crippen molar-refractivity contribution in [3.05, 3.63) is 17.1 Å². The van der Waals surface area contributed by atoms with E-state index in [-0.39, 0.29) is 23.7 Å². The predicted molar refractivity (Wildman–Crippen MR) is 91.2 cm³/mol. The van der Waals surface area contributed by atoms with E-state index in [4.69, 9.17) is 4.98 Å². The van der Waals surface area contributed by atoms with Crippen molar-refractivity contribution in [2.24, 2.45) is 5.92 Å². The van der Waals surface area contributed by atoms with Gasteiger partial charge in [0, 0.05) is 37.7 Å². The van der Waals surface area contributed by atoms with Crippen molar-refractivity contribution in [3.63, 3.8) is 0 Å². The largest absolute Gasteiger partial charge is 0.356 e. The maximum atomic E-state index is 12.2. The van der Waals surface area contributed by atoms with E-state index >= 15 is 0 Å². The molecule has 1 fully saturated rings. The highest BCUT2D eigenvalue weighted by Gasteiger charge is 2.33. The Hall–Kier alpha value is -2.18. The Bertz CT molecular complexity index is 659. The van der Waals surface area contributed by atoms with E-state index in [0.717, 1.165) is 30.8 Å². The molecule has 1 saturated heterocycles. The fourth-order valence-corrected chi connectivity index (χ4v) is 3.30. The fourth-order valence-electron chi connectivity index (χ4n) is 3.30. The number of hydrogen-bond donors (Lipinski definition) is 2. The molecule has 1 aromatic rings. The van der Waals surface area contributed by atoms with E-state index in [1.165, 1.54) is 0 Å². The molecule has 0 radical (unpaired) electrons. The Kier molecular flexibility index (Phi) is 4.69. The molecule has 0 aliphatic carbocycles. The lowest BCUT2D eigenvalue weighted by atomic mass is 10.0. The zero-order valence-electron chi connectivity index (χ0n) is 14.6. The third-order valence-electron chi connectivity index (χ3n) is 4.60. The lowest BCUT2D eigenvalue weighted by Gasteiger charge is -2.26. The Morgan fingerprint density at radius 3 is 2.92 bits per heavy atom. The minimum atomic E-state index is -0.124. The number of hydrogen-bond acceptors (Lipinski definition) is 5. The summed E-state index contributed by atoms with van der Waals surface area (Å²) in [7, 11) is 0. The minimum Gasteiger partial charge on any atom is -0.356 e. The molecular weight excluding hydrogens is 306 g/mol. The second-order valence-electron chi connectivity index (χ2n) is 6.72. The summed E-state index contributed by atoms with van der Waals surface area (Å²) < 4.78 is 0. The zero-order valence-corrected chi connectivity index (χ0v) is 14.6. The van der Waals surface area contributed by atoms with Crippen LogP contribution in [-0.2, 0) is 11.2 Å².